The molecule has 0 amide bonds. The van der Waals surface area contributed by atoms with Crippen molar-refractivity contribution in [2.75, 3.05) is 12.4 Å². The molecule has 2 N–H and O–H groups in total. The Morgan fingerprint density at radius 1 is 1.23 bits per heavy atom. The van der Waals surface area contributed by atoms with Crippen LogP contribution in [0.2, 0.25) is 0 Å². The summed E-state index contributed by atoms with van der Waals surface area (Å²) in [5, 5.41) is 7.59. The van der Waals surface area contributed by atoms with Crippen molar-refractivity contribution in [3.63, 3.8) is 0 Å². The van der Waals surface area contributed by atoms with E-state index in [9.17, 15) is 0 Å². The second kappa shape index (κ2) is 7.15. The van der Waals surface area contributed by atoms with Crippen molar-refractivity contribution in [2.24, 2.45) is 0 Å². The van der Waals surface area contributed by atoms with Crippen molar-refractivity contribution < 1.29 is 4.52 Å². The van der Waals surface area contributed by atoms with E-state index >= 15 is 0 Å². The fourth-order valence-electron chi connectivity index (χ4n) is 2.88. The van der Waals surface area contributed by atoms with Crippen LogP contribution in [0.25, 0.3) is 11.5 Å². The van der Waals surface area contributed by atoms with Gasteiger partial charge in [0.25, 0.3) is 5.89 Å². The lowest BCUT2D eigenvalue weighted by molar-refractivity contribution is 0.425. The molecule has 1 aliphatic rings. The third-order valence-corrected chi connectivity index (χ3v) is 4.63. The molecule has 1 aromatic heterocycles. The zero-order valence-corrected chi connectivity index (χ0v) is 13.9. The van der Waals surface area contributed by atoms with Crippen molar-refractivity contribution in [1.82, 2.24) is 14.9 Å². The summed E-state index contributed by atoms with van der Waals surface area (Å²) in [6.45, 7) is 1.84. The molecule has 0 aliphatic heterocycles. The molecule has 0 bridgehead atoms. The summed E-state index contributed by atoms with van der Waals surface area (Å²) in [6, 6.07) is 6.86. The highest BCUT2D eigenvalue weighted by molar-refractivity contribution is 7.97. The normalized spacial score (nSPS) is 15.9. The smallest absolute Gasteiger partial charge is 0.260 e. The average Bonchev–Trinajstić information content (AvgIpc) is 2.96. The first kappa shape index (κ1) is 15.4. The quantitative estimate of drug-likeness (QED) is 0.812. The van der Waals surface area contributed by atoms with E-state index in [4.69, 9.17) is 4.52 Å². The maximum Gasteiger partial charge on any atom is 0.260 e. The van der Waals surface area contributed by atoms with Gasteiger partial charge in [-0.15, -0.1) is 0 Å². The van der Waals surface area contributed by atoms with Gasteiger partial charge in [0.2, 0.25) is 0 Å². The number of aromatic nitrogens is 2. The van der Waals surface area contributed by atoms with Gasteiger partial charge < -0.3 is 9.84 Å². The highest BCUT2D eigenvalue weighted by Gasteiger charge is 2.18. The molecular weight excluding hydrogens is 296 g/mol. The summed E-state index contributed by atoms with van der Waals surface area (Å²) >= 11 is 1.58. The minimum absolute atomic E-state index is 0.541. The molecule has 1 heterocycles. The molecule has 3 rings (SSSR count). The van der Waals surface area contributed by atoms with Crippen molar-refractivity contribution >= 4 is 17.6 Å². The fourth-order valence-corrected chi connectivity index (χ4v) is 3.43. The maximum atomic E-state index is 5.38. The fraction of sp³-hybridized carbons (Fsp3) is 0.500. The minimum Gasteiger partial charge on any atom is -0.382 e. The predicted octanol–water partition coefficient (Wildman–Crippen LogP) is 4.02. The molecular formula is C16H22N4OS. The van der Waals surface area contributed by atoms with E-state index in [2.05, 4.69) is 38.4 Å². The molecule has 1 fully saturated rings. The zero-order chi connectivity index (χ0) is 15.4. The zero-order valence-electron chi connectivity index (χ0n) is 13.1. The molecule has 22 heavy (non-hydrogen) atoms. The van der Waals surface area contributed by atoms with Gasteiger partial charge in [0.1, 0.15) is 0 Å². The standard InChI is InChI=1S/C16H22N4OS/c1-11-18-16(21-20-11)14-10-13(22-17-2)8-9-15(14)19-12-6-4-3-5-7-12/h8-10,12,17,19H,3-7H2,1-2H3. The van der Waals surface area contributed by atoms with Crippen molar-refractivity contribution in [2.45, 2.75) is 50.0 Å². The summed E-state index contributed by atoms with van der Waals surface area (Å²) in [7, 11) is 1.91. The number of benzene rings is 1. The number of nitrogens with zero attached hydrogens (tertiary/aromatic N) is 2. The molecule has 0 spiro atoms. The first-order chi connectivity index (χ1) is 10.8. The Hall–Kier alpha value is -1.53. The van der Waals surface area contributed by atoms with Gasteiger partial charge in [0.15, 0.2) is 5.82 Å². The van der Waals surface area contributed by atoms with E-state index in [1.165, 1.54) is 32.1 Å². The first-order valence-corrected chi connectivity index (χ1v) is 8.63. The molecule has 1 aromatic carbocycles. The van der Waals surface area contributed by atoms with E-state index in [0.717, 1.165) is 16.1 Å². The number of hydrogen-bond acceptors (Lipinski definition) is 6. The highest BCUT2D eigenvalue weighted by atomic mass is 32.2. The number of anilines is 1. The molecule has 118 valence electrons. The van der Waals surface area contributed by atoms with Crippen molar-refractivity contribution in [3.8, 4) is 11.5 Å². The van der Waals surface area contributed by atoms with Crippen LogP contribution in [0.1, 0.15) is 37.9 Å². The Morgan fingerprint density at radius 3 is 2.73 bits per heavy atom. The lowest BCUT2D eigenvalue weighted by Crippen LogP contribution is -2.22. The number of aryl methyl sites for hydroxylation is 1. The summed E-state index contributed by atoms with van der Waals surface area (Å²) in [6.07, 6.45) is 6.43. The van der Waals surface area contributed by atoms with E-state index < -0.39 is 0 Å². The van der Waals surface area contributed by atoms with Crippen LogP contribution >= 0.6 is 11.9 Å². The van der Waals surface area contributed by atoms with Gasteiger partial charge in [-0.1, -0.05) is 24.4 Å². The van der Waals surface area contributed by atoms with Gasteiger partial charge in [-0.3, -0.25) is 4.72 Å². The molecule has 6 heteroatoms. The topological polar surface area (TPSA) is 63.0 Å². The van der Waals surface area contributed by atoms with Gasteiger partial charge in [-0.25, -0.2) is 0 Å². The van der Waals surface area contributed by atoms with Crippen LogP contribution < -0.4 is 10.0 Å². The Balaban J connectivity index is 1.89. The average molecular weight is 318 g/mol. The molecule has 1 saturated carbocycles. The lowest BCUT2D eigenvalue weighted by Gasteiger charge is -2.24. The number of rotatable bonds is 5. The summed E-state index contributed by atoms with van der Waals surface area (Å²) < 4.78 is 8.48. The van der Waals surface area contributed by atoms with Gasteiger partial charge in [-0.2, -0.15) is 4.98 Å². The molecule has 5 nitrogen and oxygen atoms in total. The highest BCUT2D eigenvalue weighted by Crippen LogP contribution is 2.32. The SMILES string of the molecule is CNSc1ccc(NC2CCCCC2)c(-c2nc(C)no2)c1. The minimum atomic E-state index is 0.541. The first-order valence-electron chi connectivity index (χ1n) is 7.81. The Morgan fingerprint density at radius 2 is 2.05 bits per heavy atom. The van der Waals surface area contributed by atoms with Crippen molar-refractivity contribution in [1.29, 1.82) is 0 Å². The van der Waals surface area contributed by atoms with Crippen LogP contribution in [-0.4, -0.2) is 23.2 Å². The largest absolute Gasteiger partial charge is 0.382 e. The Kier molecular flexibility index (Phi) is 5.00. The molecule has 0 radical (unpaired) electrons. The van der Waals surface area contributed by atoms with E-state index in [-0.39, 0.29) is 0 Å². The molecule has 0 unspecified atom stereocenters. The predicted molar refractivity (Wildman–Crippen MR) is 89.9 cm³/mol. The second-order valence-corrected chi connectivity index (χ2v) is 6.72. The third kappa shape index (κ3) is 3.62. The van der Waals surface area contributed by atoms with Crippen LogP contribution in [-0.2, 0) is 0 Å². The maximum absolute atomic E-state index is 5.38. The monoisotopic (exact) mass is 318 g/mol. The third-order valence-electron chi connectivity index (χ3n) is 3.93. The molecule has 0 atom stereocenters. The van der Waals surface area contributed by atoms with Gasteiger partial charge >= 0.3 is 0 Å². The summed E-state index contributed by atoms with van der Waals surface area (Å²) in [4.78, 5) is 5.52. The second-order valence-electron chi connectivity index (χ2n) is 5.64. The lowest BCUT2D eigenvalue weighted by atomic mass is 9.95. The van der Waals surface area contributed by atoms with Gasteiger partial charge in [-0.05, 0) is 57.0 Å². The summed E-state index contributed by atoms with van der Waals surface area (Å²) in [5.74, 6) is 1.24. The molecule has 0 saturated heterocycles. The Bertz CT molecular complexity index is 622. The summed E-state index contributed by atoms with van der Waals surface area (Å²) in [5.41, 5.74) is 2.06. The van der Waals surface area contributed by atoms with E-state index in [1.807, 2.05) is 14.0 Å². The van der Waals surface area contributed by atoms with Gasteiger partial charge in [0, 0.05) is 16.6 Å². The van der Waals surface area contributed by atoms with Crippen LogP contribution in [0.15, 0.2) is 27.6 Å². The van der Waals surface area contributed by atoms with Gasteiger partial charge in [0.05, 0.1) is 5.56 Å². The van der Waals surface area contributed by atoms with Crippen LogP contribution in [0.3, 0.4) is 0 Å². The van der Waals surface area contributed by atoms with Crippen LogP contribution in [0.4, 0.5) is 5.69 Å². The van der Waals surface area contributed by atoms with Crippen molar-refractivity contribution in [3.05, 3.63) is 24.0 Å². The van der Waals surface area contributed by atoms with E-state index in [0.29, 0.717) is 17.8 Å². The Labute approximate surface area is 135 Å². The molecule has 1 aliphatic carbocycles. The number of hydrogen-bond donors (Lipinski definition) is 2. The van der Waals surface area contributed by atoms with Crippen LogP contribution in [0.5, 0.6) is 0 Å². The van der Waals surface area contributed by atoms with E-state index in [1.54, 1.807) is 11.9 Å². The molecule has 2 aromatic rings. The number of nitrogens with one attached hydrogen (secondary N) is 2. The van der Waals surface area contributed by atoms with Crippen LogP contribution in [0, 0.1) is 6.92 Å².